The molecule has 0 saturated carbocycles. The van der Waals surface area contributed by atoms with Crippen molar-refractivity contribution in [2.24, 2.45) is 11.8 Å². The third-order valence-corrected chi connectivity index (χ3v) is 2.52. The topological polar surface area (TPSA) is 0 Å². The maximum Gasteiger partial charge on any atom is -0.0233 e. The highest BCUT2D eigenvalue weighted by molar-refractivity contribution is 4.90. The molecule has 0 bridgehead atoms. The Labute approximate surface area is 83.7 Å². The first kappa shape index (κ1) is 12.5. The smallest absolute Gasteiger partial charge is 0.0233 e. The van der Waals surface area contributed by atoms with Crippen molar-refractivity contribution in [2.45, 2.75) is 47.0 Å². The van der Waals surface area contributed by atoms with E-state index < -0.39 is 0 Å². The molecule has 0 fully saturated rings. The molecule has 0 aromatic carbocycles. The lowest BCUT2D eigenvalue weighted by molar-refractivity contribution is 0.465. The van der Waals surface area contributed by atoms with E-state index in [1.807, 2.05) is 0 Å². The molecule has 0 aliphatic heterocycles. The Bertz CT molecular complexity index is 153. The molecular weight excluding hydrogens is 156 g/mol. The predicted molar refractivity (Wildman–Crippen MR) is 61.8 cm³/mol. The van der Waals surface area contributed by atoms with Crippen LogP contribution in [0.5, 0.6) is 0 Å². The molecule has 0 spiro atoms. The lowest BCUT2D eigenvalue weighted by atomic mass is 9.92. The summed E-state index contributed by atoms with van der Waals surface area (Å²) in [7, 11) is 0. The van der Waals surface area contributed by atoms with Crippen molar-refractivity contribution in [2.75, 3.05) is 0 Å². The van der Waals surface area contributed by atoms with Crippen molar-refractivity contribution in [3.05, 3.63) is 24.3 Å². The summed E-state index contributed by atoms with van der Waals surface area (Å²) >= 11 is 0. The number of allylic oxidation sites excluding steroid dienone is 4. The fourth-order valence-corrected chi connectivity index (χ4v) is 1.30. The van der Waals surface area contributed by atoms with E-state index >= 15 is 0 Å². The zero-order chi connectivity index (χ0) is 10.1. The molecule has 2 unspecified atom stereocenters. The van der Waals surface area contributed by atoms with Crippen molar-refractivity contribution >= 4 is 0 Å². The van der Waals surface area contributed by atoms with Crippen LogP contribution in [-0.2, 0) is 0 Å². The van der Waals surface area contributed by atoms with Crippen molar-refractivity contribution in [1.82, 2.24) is 0 Å². The fraction of sp³-hybridized carbons (Fsp3) is 0.692. The molecule has 13 heavy (non-hydrogen) atoms. The van der Waals surface area contributed by atoms with E-state index in [-0.39, 0.29) is 0 Å². The Balaban J connectivity index is 3.66. The lowest BCUT2D eigenvalue weighted by Gasteiger charge is -2.13. The molecule has 0 N–H and O–H groups in total. The second kappa shape index (κ2) is 8.10. The second-order valence-electron chi connectivity index (χ2n) is 3.86. The van der Waals surface area contributed by atoms with E-state index in [0.29, 0.717) is 5.92 Å². The summed E-state index contributed by atoms with van der Waals surface area (Å²) < 4.78 is 0. The van der Waals surface area contributed by atoms with Crippen molar-refractivity contribution in [3.63, 3.8) is 0 Å². The summed E-state index contributed by atoms with van der Waals surface area (Å²) in [5.41, 5.74) is 0. The van der Waals surface area contributed by atoms with Crippen LogP contribution >= 0.6 is 0 Å². The minimum absolute atomic E-state index is 0.705. The highest BCUT2D eigenvalue weighted by atomic mass is 14.1. The van der Waals surface area contributed by atoms with Gasteiger partial charge in [-0.1, -0.05) is 51.5 Å². The van der Waals surface area contributed by atoms with Crippen LogP contribution in [0, 0.1) is 11.8 Å². The Hall–Kier alpha value is -0.520. The molecule has 0 aromatic heterocycles. The normalized spacial score (nSPS) is 16.9. The van der Waals surface area contributed by atoms with E-state index in [9.17, 15) is 0 Å². The molecule has 0 amide bonds. The van der Waals surface area contributed by atoms with Crippen molar-refractivity contribution in [3.8, 4) is 0 Å². The maximum absolute atomic E-state index is 2.33. The molecule has 2 atom stereocenters. The molecule has 0 heterocycles. The first-order valence-electron chi connectivity index (χ1n) is 5.50. The van der Waals surface area contributed by atoms with E-state index in [4.69, 9.17) is 0 Å². The number of rotatable bonds is 6. The predicted octanol–water partition coefficient (Wildman–Crippen LogP) is 4.58. The van der Waals surface area contributed by atoms with Crippen LogP contribution in [0.15, 0.2) is 24.3 Å². The summed E-state index contributed by atoms with van der Waals surface area (Å²) in [5, 5.41) is 0. The Morgan fingerprint density at radius 2 is 1.85 bits per heavy atom. The Morgan fingerprint density at radius 1 is 1.15 bits per heavy atom. The van der Waals surface area contributed by atoms with Crippen LogP contribution < -0.4 is 0 Å². The van der Waals surface area contributed by atoms with Crippen LogP contribution in [0.1, 0.15) is 47.0 Å². The van der Waals surface area contributed by atoms with Crippen LogP contribution in [-0.4, -0.2) is 0 Å². The zero-order valence-corrected chi connectivity index (χ0v) is 9.59. The Morgan fingerprint density at radius 3 is 2.38 bits per heavy atom. The van der Waals surface area contributed by atoms with Gasteiger partial charge in [-0.15, -0.1) is 0 Å². The molecule has 0 rings (SSSR count). The molecular formula is C13H24. The maximum atomic E-state index is 2.33. The van der Waals surface area contributed by atoms with Gasteiger partial charge < -0.3 is 0 Å². The van der Waals surface area contributed by atoms with E-state index in [2.05, 4.69) is 52.0 Å². The molecule has 0 saturated heterocycles. The van der Waals surface area contributed by atoms with Gasteiger partial charge in [-0.3, -0.25) is 0 Å². The monoisotopic (exact) mass is 180 g/mol. The standard InChI is InChI=1S/C13H24/c1-5-7-8-9-11-13(4)12(3)10-6-2/h6,8-10,12-13H,5,7,11H2,1-4H3. The van der Waals surface area contributed by atoms with Crippen molar-refractivity contribution in [1.29, 1.82) is 0 Å². The minimum Gasteiger partial charge on any atom is -0.0914 e. The van der Waals surface area contributed by atoms with Crippen LogP contribution in [0.25, 0.3) is 0 Å². The highest BCUT2D eigenvalue weighted by Crippen LogP contribution is 2.16. The molecule has 0 aromatic rings. The average Bonchev–Trinajstić information content (AvgIpc) is 2.12. The third kappa shape index (κ3) is 6.62. The van der Waals surface area contributed by atoms with Gasteiger partial charge in [-0.25, -0.2) is 0 Å². The highest BCUT2D eigenvalue weighted by Gasteiger charge is 2.05. The van der Waals surface area contributed by atoms with E-state index in [0.717, 1.165) is 5.92 Å². The molecule has 0 heteroatoms. The van der Waals surface area contributed by atoms with Crippen LogP contribution in [0.2, 0.25) is 0 Å². The van der Waals surface area contributed by atoms with E-state index in [1.165, 1.54) is 19.3 Å². The molecule has 0 nitrogen and oxygen atoms in total. The quantitative estimate of drug-likeness (QED) is 0.525. The second-order valence-corrected chi connectivity index (χ2v) is 3.86. The number of hydrogen-bond donors (Lipinski definition) is 0. The molecule has 0 aliphatic rings. The van der Waals surface area contributed by atoms with Crippen LogP contribution in [0.3, 0.4) is 0 Å². The van der Waals surface area contributed by atoms with Gasteiger partial charge in [-0.05, 0) is 31.6 Å². The van der Waals surface area contributed by atoms with Gasteiger partial charge in [0.05, 0.1) is 0 Å². The SMILES string of the molecule is CC=CC(C)C(C)CC=CCCC. The number of hydrogen-bond acceptors (Lipinski definition) is 0. The minimum atomic E-state index is 0.705. The first-order chi connectivity index (χ1) is 6.22. The van der Waals surface area contributed by atoms with Gasteiger partial charge >= 0.3 is 0 Å². The summed E-state index contributed by atoms with van der Waals surface area (Å²) in [6.07, 6.45) is 12.8. The summed E-state index contributed by atoms with van der Waals surface area (Å²) in [6.45, 7) is 8.92. The van der Waals surface area contributed by atoms with Gasteiger partial charge in [0, 0.05) is 0 Å². The fourth-order valence-electron chi connectivity index (χ4n) is 1.30. The summed E-state index contributed by atoms with van der Waals surface area (Å²) in [5.74, 6) is 1.47. The van der Waals surface area contributed by atoms with Crippen LogP contribution in [0.4, 0.5) is 0 Å². The molecule has 0 aliphatic carbocycles. The van der Waals surface area contributed by atoms with Gasteiger partial charge in [0.25, 0.3) is 0 Å². The van der Waals surface area contributed by atoms with Gasteiger partial charge in [0.2, 0.25) is 0 Å². The third-order valence-electron chi connectivity index (χ3n) is 2.52. The summed E-state index contributed by atoms with van der Waals surface area (Å²) in [4.78, 5) is 0. The molecule has 76 valence electrons. The van der Waals surface area contributed by atoms with Gasteiger partial charge in [0.15, 0.2) is 0 Å². The number of unbranched alkanes of at least 4 members (excludes halogenated alkanes) is 1. The first-order valence-corrected chi connectivity index (χ1v) is 5.50. The Kier molecular flexibility index (Phi) is 7.77. The van der Waals surface area contributed by atoms with E-state index in [1.54, 1.807) is 0 Å². The molecule has 0 radical (unpaired) electrons. The van der Waals surface area contributed by atoms with Crippen molar-refractivity contribution < 1.29 is 0 Å². The van der Waals surface area contributed by atoms with Gasteiger partial charge in [0.1, 0.15) is 0 Å². The summed E-state index contributed by atoms with van der Waals surface area (Å²) in [6, 6.07) is 0. The average molecular weight is 180 g/mol. The zero-order valence-electron chi connectivity index (χ0n) is 9.59. The lowest BCUT2D eigenvalue weighted by Crippen LogP contribution is -2.03. The van der Waals surface area contributed by atoms with Gasteiger partial charge in [-0.2, -0.15) is 0 Å². The largest absolute Gasteiger partial charge is 0.0914 e.